The number of pyridine rings is 1. The van der Waals surface area contributed by atoms with Crippen LogP contribution in [0.25, 0.3) is 11.3 Å². The van der Waals surface area contributed by atoms with Crippen LogP contribution in [0.15, 0.2) is 36.4 Å². The number of aryl methyl sites for hydroxylation is 1. The van der Waals surface area contributed by atoms with E-state index in [9.17, 15) is 0 Å². The summed E-state index contributed by atoms with van der Waals surface area (Å²) in [5.41, 5.74) is 2.98. The number of methoxy groups -OCH3 is 1. The normalized spacial score (nSPS) is 10.0. The molecule has 0 aliphatic carbocycles. The standard InChI is InChI=1S/C13H12NO/c1-10-5-3-8-13(14-10)11-6-4-7-12(9-11)15-2/h3,5-9H,1-2H3. The van der Waals surface area contributed by atoms with E-state index in [1.807, 2.05) is 37.3 Å². The maximum absolute atomic E-state index is 5.15. The predicted molar refractivity (Wildman–Crippen MR) is 59.8 cm³/mol. The Balaban J connectivity index is 2.44. The molecule has 75 valence electrons. The van der Waals surface area contributed by atoms with Crippen molar-refractivity contribution in [1.82, 2.24) is 4.98 Å². The number of benzene rings is 1. The monoisotopic (exact) mass is 198 g/mol. The zero-order valence-electron chi connectivity index (χ0n) is 8.82. The first-order valence-electron chi connectivity index (χ1n) is 4.79. The fourth-order valence-corrected chi connectivity index (χ4v) is 1.42. The topological polar surface area (TPSA) is 22.1 Å². The average Bonchev–Trinajstić information content (AvgIpc) is 2.29. The van der Waals surface area contributed by atoms with Gasteiger partial charge in [0.1, 0.15) is 5.75 Å². The largest absolute Gasteiger partial charge is 0.497 e. The molecule has 1 heterocycles. The molecule has 1 radical (unpaired) electrons. The number of hydrogen-bond acceptors (Lipinski definition) is 2. The van der Waals surface area contributed by atoms with Gasteiger partial charge in [-0.3, -0.25) is 4.98 Å². The van der Waals surface area contributed by atoms with Crippen molar-refractivity contribution in [1.29, 1.82) is 0 Å². The van der Waals surface area contributed by atoms with Gasteiger partial charge in [0.05, 0.1) is 12.8 Å². The molecule has 2 aromatic rings. The van der Waals surface area contributed by atoms with Crippen LogP contribution in [-0.2, 0) is 0 Å². The first-order chi connectivity index (χ1) is 7.29. The fourth-order valence-electron chi connectivity index (χ4n) is 1.42. The molecule has 0 aliphatic rings. The van der Waals surface area contributed by atoms with Crippen LogP contribution in [0.3, 0.4) is 0 Å². The SMILES string of the molecule is COc1c[c]cc(-c2cccc(C)n2)c1. The summed E-state index contributed by atoms with van der Waals surface area (Å²) in [7, 11) is 1.65. The van der Waals surface area contributed by atoms with E-state index in [-0.39, 0.29) is 0 Å². The van der Waals surface area contributed by atoms with Gasteiger partial charge < -0.3 is 4.74 Å². The Hall–Kier alpha value is -1.83. The molecule has 0 spiro atoms. The summed E-state index contributed by atoms with van der Waals surface area (Å²) in [6.07, 6.45) is 0. The highest BCUT2D eigenvalue weighted by atomic mass is 16.5. The zero-order chi connectivity index (χ0) is 10.7. The van der Waals surface area contributed by atoms with E-state index in [4.69, 9.17) is 4.74 Å². The minimum absolute atomic E-state index is 0.802. The Morgan fingerprint density at radius 3 is 2.87 bits per heavy atom. The van der Waals surface area contributed by atoms with Crippen molar-refractivity contribution in [3.8, 4) is 17.0 Å². The number of rotatable bonds is 2. The predicted octanol–water partition coefficient (Wildman–Crippen LogP) is 2.87. The first-order valence-corrected chi connectivity index (χ1v) is 4.79. The van der Waals surface area contributed by atoms with Gasteiger partial charge in [-0.25, -0.2) is 0 Å². The smallest absolute Gasteiger partial charge is 0.120 e. The van der Waals surface area contributed by atoms with Crippen molar-refractivity contribution in [2.45, 2.75) is 6.92 Å². The van der Waals surface area contributed by atoms with Gasteiger partial charge in [-0.05, 0) is 43.3 Å². The zero-order valence-corrected chi connectivity index (χ0v) is 8.82. The Labute approximate surface area is 89.6 Å². The van der Waals surface area contributed by atoms with E-state index in [0.717, 1.165) is 22.7 Å². The van der Waals surface area contributed by atoms with Crippen molar-refractivity contribution in [3.05, 3.63) is 48.2 Å². The number of ether oxygens (including phenoxy) is 1. The molecule has 2 rings (SSSR count). The summed E-state index contributed by atoms with van der Waals surface area (Å²) in [5, 5.41) is 0. The summed E-state index contributed by atoms with van der Waals surface area (Å²) >= 11 is 0. The van der Waals surface area contributed by atoms with Crippen molar-refractivity contribution in [2.75, 3.05) is 7.11 Å². The van der Waals surface area contributed by atoms with Gasteiger partial charge in [0.15, 0.2) is 0 Å². The summed E-state index contributed by atoms with van der Waals surface area (Å²) in [4.78, 5) is 4.44. The lowest BCUT2D eigenvalue weighted by molar-refractivity contribution is 0.415. The van der Waals surface area contributed by atoms with Gasteiger partial charge in [0.2, 0.25) is 0 Å². The van der Waals surface area contributed by atoms with E-state index < -0.39 is 0 Å². The molecule has 2 nitrogen and oxygen atoms in total. The van der Waals surface area contributed by atoms with Crippen LogP contribution in [0, 0.1) is 13.0 Å². The highest BCUT2D eigenvalue weighted by Crippen LogP contribution is 2.21. The van der Waals surface area contributed by atoms with E-state index in [1.54, 1.807) is 13.2 Å². The molecule has 2 heteroatoms. The quantitative estimate of drug-likeness (QED) is 0.740. The molecule has 0 aliphatic heterocycles. The van der Waals surface area contributed by atoms with Gasteiger partial charge in [0.25, 0.3) is 0 Å². The molecule has 0 atom stereocenters. The number of hydrogen-bond donors (Lipinski definition) is 0. The van der Waals surface area contributed by atoms with Crippen LogP contribution in [-0.4, -0.2) is 12.1 Å². The third kappa shape index (κ3) is 2.15. The third-order valence-corrected chi connectivity index (χ3v) is 2.18. The molecule has 1 aromatic carbocycles. The van der Waals surface area contributed by atoms with Gasteiger partial charge in [0, 0.05) is 11.3 Å². The molecule has 15 heavy (non-hydrogen) atoms. The molecule has 1 aromatic heterocycles. The van der Waals surface area contributed by atoms with Crippen molar-refractivity contribution in [3.63, 3.8) is 0 Å². The van der Waals surface area contributed by atoms with E-state index >= 15 is 0 Å². The Bertz CT molecular complexity index is 466. The molecule has 0 fully saturated rings. The minimum atomic E-state index is 0.802. The molecular formula is C13H12NO. The number of nitrogens with zero attached hydrogens (tertiary/aromatic N) is 1. The first kappa shape index (κ1) is 9.71. The number of aromatic nitrogens is 1. The van der Waals surface area contributed by atoms with Crippen LogP contribution >= 0.6 is 0 Å². The Morgan fingerprint density at radius 2 is 2.13 bits per heavy atom. The Morgan fingerprint density at radius 1 is 1.27 bits per heavy atom. The van der Waals surface area contributed by atoms with Crippen molar-refractivity contribution < 1.29 is 4.74 Å². The lowest BCUT2D eigenvalue weighted by Gasteiger charge is -2.04. The molecule has 0 bridgehead atoms. The third-order valence-electron chi connectivity index (χ3n) is 2.18. The second-order valence-electron chi connectivity index (χ2n) is 3.33. The summed E-state index contributed by atoms with van der Waals surface area (Å²) in [6, 6.07) is 14.7. The van der Waals surface area contributed by atoms with Crippen LogP contribution in [0.5, 0.6) is 5.75 Å². The van der Waals surface area contributed by atoms with Crippen LogP contribution in [0.2, 0.25) is 0 Å². The highest BCUT2D eigenvalue weighted by Gasteiger charge is 2.00. The lowest BCUT2D eigenvalue weighted by Crippen LogP contribution is -1.87. The molecule has 0 saturated heterocycles. The van der Waals surface area contributed by atoms with E-state index in [2.05, 4.69) is 11.1 Å². The molecule has 0 unspecified atom stereocenters. The minimum Gasteiger partial charge on any atom is -0.497 e. The van der Waals surface area contributed by atoms with E-state index in [0.29, 0.717) is 0 Å². The maximum Gasteiger partial charge on any atom is 0.120 e. The molecule has 0 N–H and O–H groups in total. The van der Waals surface area contributed by atoms with Crippen LogP contribution < -0.4 is 4.74 Å². The molecule has 0 saturated carbocycles. The van der Waals surface area contributed by atoms with Crippen molar-refractivity contribution in [2.24, 2.45) is 0 Å². The summed E-state index contributed by atoms with van der Waals surface area (Å²) in [6.45, 7) is 1.98. The van der Waals surface area contributed by atoms with Crippen LogP contribution in [0.1, 0.15) is 5.69 Å². The molecular weight excluding hydrogens is 186 g/mol. The van der Waals surface area contributed by atoms with Crippen LogP contribution in [0.4, 0.5) is 0 Å². The average molecular weight is 198 g/mol. The second-order valence-corrected chi connectivity index (χ2v) is 3.33. The van der Waals surface area contributed by atoms with E-state index in [1.165, 1.54) is 0 Å². The van der Waals surface area contributed by atoms with Gasteiger partial charge in [-0.2, -0.15) is 0 Å². The molecule has 0 amide bonds. The second kappa shape index (κ2) is 4.13. The highest BCUT2D eigenvalue weighted by molar-refractivity contribution is 5.60. The van der Waals surface area contributed by atoms with Crippen molar-refractivity contribution >= 4 is 0 Å². The summed E-state index contributed by atoms with van der Waals surface area (Å²) < 4.78 is 5.15. The van der Waals surface area contributed by atoms with Gasteiger partial charge >= 0.3 is 0 Å². The fraction of sp³-hybridized carbons (Fsp3) is 0.154. The van der Waals surface area contributed by atoms with Gasteiger partial charge in [-0.15, -0.1) is 0 Å². The maximum atomic E-state index is 5.15. The lowest BCUT2D eigenvalue weighted by atomic mass is 10.1. The Kier molecular flexibility index (Phi) is 2.68. The summed E-state index contributed by atoms with van der Waals surface area (Å²) in [5.74, 6) is 0.802. The van der Waals surface area contributed by atoms with Gasteiger partial charge in [-0.1, -0.05) is 6.07 Å².